The van der Waals surface area contributed by atoms with Crippen LogP contribution < -0.4 is 10.4 Å². The second kappa shape index (κ2) is 13.1. The van der Waals surface area contributed by atoms with Gasteiger partial charge in [0.05, 0.1) is 12.6 Å². The molecule has 2 rings (SSSR count). The van der Waals surface area contributed by atoms with Gasteiger partial charge in [0, 0.05) is 32.0 Å². The predicted molar refractivity (Wildman–Crippen MR) is 129 cm³/mol. The van der Waals surface area contributed by atoms with Crippen LogP contribution in [-0.4, -0.2) is 69.4 Å². The average molecular weight is 510 g/mol. The van der Waals surface area contributed by atoms with Crippen molar-refractivity contribution in [3.05, 3.63) is 48.3 Å². The Kier molecular flexibility index (Phi) is 10.6. The summed E-state index contributed by atoms with van der Waals surface area (Å²) in [5.74, 6) is -2.52. The first-order valence-electron chi connectivity index (χ1n) is 11.0. The molecular weight excluding hydrogens is 477 g/mol. The summed E-state index contributed by atoms with van der Waals surface area (Å²) in [6.07, 6.45) is 4.53. The van der Waals surface area contributed by atoms with Crippen LogP contribution >= 0.6 is 7.75 Å². The molecule has 13 heteroatoms. The molecule has 1 aromatic carbocycles. The van der Waals surface area contributed by atoms with Gasteiger partial charge < -0.3 is 15.3 Å². The molecule has 0 spiro atoms. The lowest BCUT2D eigenvalue weighted by atomic mass is 10.0. The summed E-state index contributed by atoms with van der Waals surface area (Å²) in [7, 11) is -4.54. The van der Waals surface area contributed by atoms with Crippen LogP contribution in [0.15, 0.2) is 47.7 Å². The van der Waals surface area contributed by atoms with Crippen LogP contribution in [0.1, 0.15) is 32.8 Å². The number of hydrazine groups is 1. The van der Waals surface area contributed by atoms with Crippen molar-refractivity contribution >= 4 is 31.7 Å². The van der Waals surface area contributed by atoms with Gasteiger partial charge >= 0.3 is 13.7 Å². The Morgan fingerprint density at radius 1 is 1.26 bits per heavy atom. The van der Waals surface area contributed by atoms with Gasteiger partial charge in [0.15, 0.2) is 6.04 Å². The minimum absolute atomic E-state index is 0.00755. The van der Waals surface area contributed by atoms with Crippen molar-refractivity contribution in [3.8, 4) is 0 Å². The first kappa shape index (κ1) is 28.2. The molecule has 0 fully saturated rings. The van der Waals surface area contributed by atoms with E-state index in [0.29, 0.717) is 5.56 Å². The predicted octanol–water partition coefficient (Wildman–Crippen LogP) is 1.50. The fraction of sp³-hybridized carbons (Fsp3) is 0.455. The number of carbonyl (C=O) groups is 3. The molecule has 1 unspecified atom stereocenters. The van der Waals surface area contributed by atoms with E-state index in [1.165, 1.54) is 30.5 Å². The van der Waals surface area contributed by atoms with Crippen molar-refractivity contribution in [1.29, 1.82) is 0 Å². The van der Waals surface area contributed by atoms with Crippen LogP contribution in [0, 0.1) is 5.92 Å². The maximum atomic E-state index is 13.8. The zero-order valence-corrected chi connectivity index (χ0v) is 20.8. The molecule has 35 heavy (non-hydrogen) atoms. The van der Waals surface area contributed by atoms with E-state index in [-0.39, 0.29) is 25.3 Å². The first-order valence-corrected chi connectivity index (χ1v) is 12.6. The van der Waals surface area contributed by atoms with E-state index in [4.69, 9.17) is 4.52 Å². The Morgan fingerprint density at radius 2 is 1.94 bits per heavy atom. The number of rotatable bonds is 13. The summed E-state index contributed by atoms with van der Waals surface area (Å²) in [6, 6.07) is 6.29. The lowest BCUT2D eigenvalue weighted by molar-refractivity contribution is -0.164. The topological polar surface area (TPSA) is 161 Å². The molecule has 1 aliphatic heterocycles. The molecular formula is C22H32N5O7P. The standard InChI is InChI=1S/C22H32N5O7P/c1-16(2)13-19(25-35(32,33)34-15-24-17(3)28)21(29)27(26-11-9-23-10-12-26)20(22(30)31)14-18-7-5-4-6-8-18/h4-11,16,19-20H,12-15H2,1-3H3,(H,24,28)(H,30,31)(H2,25,32,33)/t19-,20-/m0/s1. The Morgan fingerprint density at radius 3 is 2.49 bits per heavy atom. The van der Waals surface area contributed by atoms with E-state index in [0.717, 1.165) is 5.01 Å². The Bertz CT molecular complexity index is 986. The molecule has 1 aliphatic rings. The van der Waals surface area contributed by atoms with Crippen LogP contribution in [0.2, 0.25) is 0 Å². The lowest BCUT2D eigenvalue weighted by Gasteiger charge is -2.40. The van der Waals surface area contributed by atoms with Gasteiger partial charge in [0.1, 0.15) is 6.73 Å². The quantitative estimate of drug-likeness (QED) is 0.228. The van der Waals surface area contributed by atoms with Crippen molar-refractivity contribution in [3.63, 3.8) is 0 Å². The molecule has 0 saturated carbocycles. The highest BCUT2D eigenvalue weighted by Crippen LogP contribution is 2.38. The first-order chi connectivity index (χ1) is 16.5. The van der Waals surface area contributed by atoms with Gasteiger partial charge in [0.2, 0.25) is 5.91 Å². The maximum Gasteiger partial charge on any atom is 0.405 e. The van der Waals surface area contributed by atoms with Gasteiger partial charge in [-0.15, -0.1) is 0 Å². The number of carbonyl (C=O) groups excluding carboxylic acids is 2. The molecule has 2 amide bonds. The summed E-state index contributed by atoms with van der Waals surface area (Å²) < 4.78 is 17.5. The molecule has 192 valence electrons. The van der Waals surface area contributed by atoms with Gasteiger partial charge in [-0.3, -0.25) is 24.1 Å². The zero-order chi connectivity index (χ0) is 26.0. The van der Waals surface area contributed by atoms with Crippen LogP contribution in [0.25, 0.3) is 0 Å². The zero-order valence-electron chi connectivity index (χ0n) is 19.9. The van der Waals surface area contributed by atoms with Crippen LogP contribution in [0.5, 0.6) is 0 Å². The molecule has 0 aliphatic carbocycles. The smallest absolute Gasteiger partial charge is 0.405 e. The van der Waals surface area contributed by atoms with Crippen LogP contribution in [-0.2, 0) is 29.9 Å². The third-order valence-corrected chi connectivity index (χ3v) is 6.06. The van der Waals surface area contributed by atoms with Crippen molar-refractivity contribution in [2.75, 3.05) is 13.3 Å². The van der Waals surface area contributed by atoms with Crippen LogP contribution in [0.3, 0.4) is 0 Å². The monoisotopic (exact) mass is 509 g/mol. The minimum atomic E-state index is -4.54. The molecule has 0 radical (unpaired) electrons. The van der Waals surface area contributed by atoms with Gasteiger partial charge in [-0.05, 0) is 17.9 Å². The van der Waals surface area contributed by atoms with E-state index in [2.05, 4.69) is 15.4 Å². The molecule has 4 N–H and O–H groups in total. The van der Waals surface area contributed by atoms with E-state index < -0.39 is 44.3 Å². The third-order valence-electron chi connectivity index (χ3n) is 4.94. The lowest BCUT2D eigenvalue weighted by Crippen LogP contribution is -2.59. The fourth-order valence-corrected chi connectivity index (χ4v) is 4.32. The Balaban J connectivity index is 2.38. The number of nitrogens with zero attached hydrogens (tertiary/aromatic N) is 3. The minimum Gasteiger partial charge on any atom is -0.480 e. The van der Waals surface area contributed by atoms with E-state index in [1.54, 1.807) is 30.3 Å². The molecule has 0 bridgehead atoms. The number of hydrogen-bond acceptors (Lipinski definition) is 7. The van der Waals surface area contributed by atoms with Crippen molar-refractivity contribution in [2.24, 2.45) is 10.9 Å². The van der Waals surface area contributed by atoms with Crippen molar-refractivity contribution in [1.82, 2.24) is 20.4 Å². The molecule has 1 aromatic rings. The molecule has 1 heterocycles. The van der Waals surface area contributed by atoms with Crippen LogP contribution in [0.4, 0.5) is 0 Å². The second-order valence-corrected chi connectivity index (χ2v) is 9.87. The number of carboxylic acids is 1. The number of nitrogens with one attached hydrogen (secondary N) is 2. The van der Waals surface area contributed by atoms with Crippen molar-refractivity contribution in [2.45, 2.75) is 45.7 Å². The summed E-state index contributed by atoms with van der Waals surface area (Å²) in [5, 5.41) is 17.2. The molecule has 0 aromatic heterocycles. The number of amides is 2. The summed E-state index contributed by atoms with van der Waals surface area (Å²) >= 11 is 0. The summed E-state index contributed by atoms with van der Waals surface area (Å²) in [4.78, 5) is 51.4. The number of hydrogen-bond donors (Lipinski definition) is 4. The molecule has 3 atom stereocenters. The molecule has 12 nitrogen and oxygen atoms in total. The van der Waals surface area contributed by atoms with Gasteiger partial charge in [-0.1, -0.05) is 44.2 Å². The number of aliphatic imine (C=N–C) groups is 1. The number of benzene rings is 1. The summed E-state index contributed by atoms with van der Waals surface area (Å²) in [6.45, 7) is 4.44. The number of aliphatic carboxylic acids is 1. The van der Waals surface area contributed by atoms with Gasteiger partial charge in [-0.2, -0.15) is 0 Å². The van der Waals surface area contributed by atoms with E-state index in [1.807, 2.05) is 13.8 Å². The maximum absolute atomic E-state index is 13.8. The highest BCUT2D eigenvalue weighted by atomic mass is 31.2. The highest BCUT2D eigenvalue weighted by Gasteiger charge is 2.40. The third kappa shape index (κ3) is 9.25. The Hall–Kier alpha value is -3.05. The Labute approximate surface area is 204 Å². The normalized spacial score (nSPS) is 16.4. The van der Waals surface area contributed by atoms with Gasteiger partial charge in [0.25, 0.3) is 5.91 Å². The largest absolute Gasteiger partial charge is 0.480 e. The number of carboxylic acid groups (broad SMARTS) is 1. The highest BCUT2D eigenvalue weighted by molar-refractivity contribution is 7.50. The molecule has 0 saturated heterocycles. The van der Waals surface area contributed by atoms with Gasteiger partial charge in [-0.25, -0.2) is 19.5 Å². The fourth-order valence-electron chi connectivity index (χ4n) is 3.40. The van der Waals surface area contributed by atoms with Crippen molar-refractivity contribution < 1.29 is 33.5 Å². The second-order valence-electron chi connectivity index (χ2n) is 8.32. The van der Waals surface area contributed by atoms with E-state index in [9.17, 15) is 28.9 Å². The average Bonchev–Trinajstić information content (AvgIpc) is 2.78. The SMILES string of the molecule is CC(=O)NCOP(=O)(O)N[C@@H](CC(C)C)C(=O)N([C@@H](Cc1ccccc1)C(=O)O)N1C=CN=CC1. The summed E-state index contributed by atoms with van der Waals surface area (Å²) in [5.41, 5.74) is 0.701. The van der Waals surface area contributed by atoms with E-state index >= 15 is 0 Å².